The maximum absolute atomic E-state index is 12.4. The van der Waals surface area contributed by atoms with Gasteiger partial charge in [-0.1, -0.05) is 13.8 Å². The predicted molar refractivity (Wildman–Crippen MR) is 74.4 cm³/mol. The first-order valence-electron chi connectivity index (χ1n) is 7.62. The van der Waals surface area contributed by atoms with Gasteiger partial charge in [-0.05, 0) is 31.6 Å². The van der Waals surface area contributed by atoms with Gasteiger partial charge in [0, 0.05) is 12.5 Å². The first-order chi connectivity index (χ1) is 9.76. The number of carbonyl (C=O) groups excluding carboxylic acids is 2. The highest BCUT2D eigenvalue weighted by Gasteiger charge is 2.57. The maximum atomic E-state index is 12.4. The fourth-order valence-electron chi connectivity index (χ4n) is 3.20. The topological polar surface area (TPSA) is 86.7 Å². The number of carboxylic acids is 1. The van der Waals surface area contributed by atoms with Crippen LogP contribution in [-0.2, 0) is 14.4 Å². The molecule has 3 aliphatic rings. The average Bonchev–Trinajstić information content (AvgIpc) is 3.24. The van der Waals surface area contributed by atoms with Gasteiger partial charge in [-0.15, -0.1) is 0 Å². The van der Waals surface area contributed by atoms with Crippen LogP contribution in [0.15, 0.2) is 0 Å². The van der Waals surface area contributed by atoms with E-state index in [1.54, 1.807) is 13.8 Å². The van der Waals surface area contributed by atoms with Crippen LogP contribution in [0, 0.1) is 11.3 Å². The number of hydrogen-bond acceptors (Lipinski definition) is 4. The van der Waals surface area contributed by atoms with Gasteiger partial charge in [-0.2, -0.15) is 0 Å². The molecule has 0 aromatic heterocycles. The third-order valence-corrected chi connectivity index (χ3v) is 4.82. The van der Waals surface area contributed by atoms with Crippen molar-refractivity contribution in [1.29, 1.82) is 0 Å². The standard InChI is InChI=1S/C15H22N2O4/c1-14(2)7-11(18)17(12(14)19)8-15(13(20)21,9-3-4-9)16-10-5-6-10/h9-10,16H,3-8H2,1-2H3,(H,20,21). The molecule has 2 saturated carbocycles. The molecule has 1 saturated heterocycles. The Kier molecular flexibility index (Phi) is 3.13. The summed E-state index contributed by atoms with van der Waals surface area (Å²) in [5.41, 5.74) is -1.88. The molecule has 0 aromatic carbocycles. The summed E-state index contributed by atoms with van der Waals surface area (Å²) in [5.74, 6) is -1.44. The number of nitrogens with one attached hydrogen (secondary N) is 1. The van der Waals surface area contributed by atoms with Crippen LogP contribution in [0.1, 0.15) is 46.0 Å². The smallest absolute Gasteiger partial charge is 0.326 e. The minimum atomic E-state index is -1.16. The number of rotatable bonds is 6. The lowest BCUT2D eigenvalue weighted by Gasteiger charge is -2.34. The van der Waals surface area contributed by atoms with E-state index >= 15 is 0 Å². The summed E-state index contributed by atoms with van der Waals surface area (Å²) in [4.78, 5) is 37.6. The summed E-state index contributed by atoms with van der Waals surface area (Å²) in [7, 11) is 0. The SMILES string of the molecule is CC1(C)CC(=O)N(CC(NC2CC2)(C(=O)O)C2CC2)C1=O. The first kappa shape index (κ1) is 14.5. The molecule has 0 aromatic rings. The lowest BCUT2D eigenvalue weighted by molar-refractivity contribution is -0.150. The molecule has 1 unspecified atom stereocenters. The van der Waals surface area contributed by atoms with E-state index in [9.17, 15) is 19.5 Å². The minimum absolute atomic E-state index is 0.0138. The molecule has 1 atom stereocenters. The van der Waals surface area contributed by atoms with Crippen LogP contribution in [0.2, 0.25) is 0 Å². The normalized spacial score (nSPS) is 27.8. The molecule has 2 aliphatic carbocycles. The molecule has 0 bridgehead atoms. The van der Waals surface area contributed by atoms with Gasteiger partial charge in [0.1, 0.15) is 5.54 Å². The van der Waals surface area contributed by atoms with Gasteiger partial charge in [0.25, 0.3) is 0 Å². The van der Waals surface area contributed by atoms with E-state index < -0.39 is 16.9 Å². The first-order valence-corrected chi connectivity index (χ1v) is 7.62. The number of hydrogen-bond donors (Lipinski definition) is 2. The average molecular weight is 294 g/mol. The van der Waals surface area contributed by atoms with E-state index in [-0.39, 0.29) is 36.7 Å². The monoisotopic (exact) mass is 294 g/mol. The highest BCUT2D eigenvalue weighted by Crippen LogP contribution is 2.44. The van der Waals surface area contributed by atoms with Gasteiger partial charge in [0.15, 0.2) is 0 Å². The number of likely N-dealkylation sites (tertiary alicyclic amines) is 1. The van der Waals surface area contributed by atoms with Crippen molar-refractivity contribution in [3.63, 3.8) is 0 Å². The van der Waals surface area contributed by atoms with Crippen molar-refractivity contribution in [1.82, 2.24) is 10.2 Å². The third-order valence-electron chi connectivity index (χ3n) is 4.82. The molecule has 3 rings (SSSR count). The van der Waals surface area contributed by atoms with Crippen molar-refractivity contribution in [3.05, 3.63) is 0 Å². The number of imide groups is 1. The van der Waals surface area contributed by atoms with Crippen molar-refractivity contribution in [2.45, 2.75) is 57.5 Å². The zero-order valence-electron chi connectivity index (χ0n) is 12.5. The van der Waals surface area contributed by atoms with Crippen molar-refractivity contribution in [3.8, 4) is 0 Å². The molecule has 2 N–H and O–H groups in total. The lowest BCUT2D eigenvalue weighted by atomic mass is 9.90. The molecule has 116 valence electrons. The Hall–Kier alpha value is -1.43. The Balaban J connectivity index is 1.85. The zero-order valence-corrected chi connectivity index (χ0v) is 12.5. The predicted octanol–water partition coefficient (Wildman–Crippen LogP) is 0.757. The van der Waals surface area contributed by atoms with Gasteiger partial charge in [0.2, 0.25) is 11.8 Å². The maximum Gasteiger partial charge on any atom is 0.326 e. The Labute approximate surface area is 123 Å². The van der Waals surface area contributed by atoms with Crippen molar-refractivity contribution in [2.24, 2.45) is 11.3 Å². The quantitative estimate of drug-likeness (QED) is 0.706. The van der Waals surface area contributed by atoms with Crippen LogP contribution < -0.4 is 5.32 Å². The van der Waals surface area contributed by atoms with Crippen LogP contribution in [0.5, 0.6) is 0 Å². The Bertz CT molecular complexity index is 508. The second kappa shape index (κ2) is 4.53. The summed E-state index contributed by atoms with van der Waals surface area (Å²) < 4.78 is 0. The fraction of sp³-hybridized carbons (Fsp3) is 0.800. The summed E-state index contributed by atoms with van der Waals surface area (Å²) in [5, 5.41) is 13.0. The molecule has 0 radical (unpaired) electrons. The molecule has 3 fully saturated rings. The van der Waals surface area contributed by atoms with Crippen LogP contribution in [0.3, 0.4) is 0 Å². The molecule has 0 spiro atoms. The molecule has 1 aliphatic heterocycles. The fourth-order valence-corrected chi connectivity index (χ4v) is 3.20. The molecule has 6 nitrogen and oxygen atoms in total. The van der Waals surface area contributed by atoms with E-state index in [0.29, 0.717) is 0 Å². The van der Waals surface area contributed by atoms with Crippen molar-refractivity contribution < 1.29 is 19.5 Å². The van der Waals surface area contributed by atoms with E-state index in [1.807, 2.05) is 0 Å². The zero-order chi connectivity index (χ0) is 15.4. The molecule has 1 heterocycles. The minimum Gasteiger partial charge on any atom is -0.480 e. The number of nitrogens with zero attached hydrogens (tertiary/aromatic N) is 1. The highest BCUT2D eigenvalue weighted by molar-refractivity contribution is 6.06. The second-order valence-corrected chi connectivity index (χ2v) is 7.32. The number of amides is 2. The molecule has 6 heteroatoms. The van der Waals surface area contributed by atoms with Crippen LogP contribution in [0.25, 0.3) is 0 Å². The van der Waals surface area contributed by atoms with Crippen LogP contribution in [-0.4, -0.2) is 45.9 Å². The van der Waals surface area contributed by atoms with Gasteiger partial charge < -0.3 is 5.11 Å². The van der Waals surface area contributed by atoms with Crippen LogP contribution in [0.4, 0.5) is 0 Å². The Morgan fingerprint density at radius 3 is 2.33 bits per heavy atom. The molecular formula is C15H22N2O4. The molecular weight excluding hydrogens is 272 g/mol. The van der Waals surface area contributed by atoms with E-state index in [0.717, 1.165) is 25.7 Å². The van der Waals surface area contributed by atoms with Gasteiger partial charge >= 0.3 is 5.97 Å². The van der Waals surface area contributed by atoms with E-state index in [1.165, 1.54) is 4.90 Å². The van der Waals surface area contributed by atoms with E-state index in [4.69, 9.17) is 0 Å². The lowest BCUT2D eigenvalue weighted by Crippen LogP contribution is -2.62. The molecule has 21 heavy (non-hydrogen) atoms. The Morgan fingerprint density at radius 2 is 1.95 bits per heavy atom. The largest absolute Gasteiger partial charge is 0.480 e. The van der Waals surface area contributed by atoms with Crippen molar-refractivity contribution >= 4 is 17.8 Å². The number of aliphatic carboxylic acids is 1. The molecule has 2 amide bonds. The second-order valence-electron chi connectivity index (χ2n) is 7.32. The van der Waals surface area contributed by atoms with Crippen molar-refractivity contribution in [2.75, 3.05) is 6.54 Å². The van der Waals surface area contributed by atoms with Gasteiger partial charge in [-0.25, -0.2) is 0 Å². The summed E-state index contributed by atoms with van der Waals surface area (Å²) >= 11 is 0. The summed E-state index contributed by atoms with van der Waals surface area (Å²) in [6.07, 6.45) is 3.77. The Morgan fingerprint density at radius 1 is 1.33 bits per heavy atom. The summed E-state index contributed by atoms with van der Waals surface area (Å²) in [6, 6.07) is 0.211. The summed E-state index contributed by atoms with van der Waals surface area (Å²) in [6.45, 7) is 3.44. The third kappa shape index (κ3) is 2.46. The van der Waals surface area contributed by atoms with Crippen LogP contribution >= 0.6 is 0 Å². The van der Waals surface area contributed by atoms with Gasteiger partial charge in [0.05, 0.1) is 12.0 Å². The number of carboxylic acid groups (broad SMARTS) is 1. The van der Waals surface area contributed by atoms with Gasteiger partial charge in [-0.3, -0.25) is 24.6 Å². The van der Waals surface area contributed by atoms with E-state index in [2.05, 4.69) is 5.32 Å². The number of carbonyl (C=O) groups is 3. The highest BCUT2D eigenvalue weighted by atomic mass is 16.4.